The summed E-state index contributed by atoms with van der Waals surface area (Å²) in [6.07, 6.45) is 3.86. The van der Waals surface area contributed by atoms with Crippen molar-refractivity contribution in [2.24, 2.45) is 0 Å². The number of hydrogen-bond donors (Lipinski definition) is 1. The molecule has 102 valence electrons. The Morgan fingerprint density at radius 3 is 2.75 bits per heavy atom. The van der Waals surface area contributed by atoms with E-state index in [1.165, 1.54) is 15.6 Å². The van der Waals surface area contributed by atoms with Gasteiger partial charge in [-0.1, -0.05) is 24.3 Å². The summed E-state index contributed by atoms with van der Waals surface area (Å²) in [5.41, 5.74) is 2.58. The number of likely N-dealkylation sites (N-methyl/N-ethyl adjacent to an activating group) is 1. The van der Waals surface area contributed by atoms with Crippen LogP contribution in [-0.2, 0) is 12.8 Å². The van der Waals surface area contributed by atoms with Crippen LogP contribution >= 0.6 is 11.3 Å². The lowest BCUT2D eigenvalue weighted by Crippen LogP contribution is -2.30. The number of pyridine rings is 1. The fourth-order valence-corrected chi connectivity index (χ4v) is 3.48. The summed E-state index contributed by atoms with van der Waals surface area (Å²) < 4.78 is 1.37. The third-order valence-corrected chi connectivity index (χ3v) is 4.63. The van der Waals surface area contributed by atoms with E-state index in [1.54, 1.807) is 0 Å². The zero-order chi connectivity index (χ0) is 13.8. The molecule has 1 atom stereocenters. The maximum atomic E-state index is 4.42. The predicted octanol–water partition coefficient (Wildman–Crippen LogP) is 3.67. The number of rotatable bonds is 5. The third kappa shape index (κ3) is 2.89. The zero-order valence-corrected chi connectivity index (χ0v) is 12.4. The molecule has 0 fully saturated rings. The van der Waals surface area contributed by atoms with Gasteiger partial charge in [0.2, 0.25) is 0 Å². The Morgan fingerprint density at radius 2 is 1.95 bits per heavy atom. The van der Waals surface area contributed by atoms with Crippen LogP contribution in [0, 0.1) is 0 Å². The van der Waals surface area contributed by atoms with Crippen LogP contribution in [0.2, 0.25) is 0 Å². The Bertz CT molecular complexity index is 676. The quantitative estimate of drug-likeness (QED) is 0.772. The minimum absolute atomic E-state index is 0.419. The number of hydrogen-bond acceptors (Lipinski definition) is 3. The summed E-state index contributed by atoms with van der Waals surface area (Å²) in [5, 5.41) is 7.09. The lowest BCUT2D eigenvalue weighted by molar-refractivity contribution is 0.552. The van der Waals surface area contributed by atoms with Crippen LogP contribution < -0.4 is 5.32 Å². The van der Waals surface area contributed by atoms with E-state index in [0.717, 1.165) is 18.5 Å². The maximum absolute atomic E-state index is 4.42. The van der Waals surface area contributed by atoms with Crippen molar-refractivity contribution >= 4 is 21.4 Å². The fraction of sp³-hybridized carbons (Fsp3) is 0.235. The average molecular weight is 282 g/mol. The first-order chi connectivity index (χ1) is 9.86. The molecule has 3 heteroatoms. The first-order valence-corrected chi connectivity index (χ1v) is 7.77. The van der Waals surface area contributed by atoms with Gasteiger partial charge in [-0.2, -0.15) is 0 Å². The molecule has 0 saturated carbocycles. The molecule has 0 aliphatic carbocycles. The van der Waals surface area contributed by atoms with Crippen molar-refractivity contribution in [1.82, 2.24) is 10.3 Å². The van der Waals surface area contributed by atoms with Crippen molar-refractivity contribution in [3.05, 3.63) is 65.3 Å². The molecule has 2 heterocycles. The second-order valence-corrected chi connectivity index (χ2v) is 5.88. The van der Waals surface area contributed by atoms with E-state index in [9.17, 15) is 0 Å². The normalized spacial score (nSPS) is 12.7. The molecule has 0 amide bonds. The van der Waals surface area contributed by atoms with Gasteiger partial charge >= 0.3 is 0 Å². The lowest BCUT2D eigenvalue weighted by Gasteiger charge is -2.15. The SMILES string of the molecule is CNC(Cc1ccccn1)Cc1csc2ccccc12. The van der Waals surface area contributed by atoms with Gasteiger partial charge in [0.1, 0.15) is 0 Å². The average Bonchev–Trinajstić information content (AvgIpc) is 2.91. The van der Waals surface area contributed by atoms with Gasteiger partial charge in [0, 0.05) is 29.1 Å². The highest BCUT2D eigenvalue weighted by atomic mass is 32.1. The van der Waals surface area contributed by atoms with Crippen LogP contribution in [0.25, 0.3) is 10.1 Å². The minimum atomic E-state index is 0.419. The molecule has 0 spiro atoms. The molecule has 2 aromatic heterocycles. The van der Waals surface area contributed by atoms with Gasteiger partial charge in [0.25, 0.3) is 0 Å². The summed E-state index contributed by atoms with van der Waals surface area (Å²) in [7, 11) is 2.03. The first kappa shape index (κ1) is 13.3. The summed E-state index contributed by atoms with van der Waals surface area (Å²) in [4.78, 5) is 4.42. The predicted molar refractivity (Wildman–Crippen MR) is 86.3 cm³/mol. The van der Waals surface area contributed by atoms with Gasteiger partial charge < -0.3 is 5.32 Å². The van der Waals surface area contributed by atoms with Crippen molar-refractivity contribution in [3.63, 3.8) is 0 Å². The number of nitrogens with one attached hydrogen (secondary N) is 1. The lowest BCUT2D eigenvalue weighted by atomic mass is 10.0. The van der Waals surface area contributed by atoms with E-state index in [-0.39, 0.29) is 0 Å². The third-order valence-electron chi connectivity index (χ3n) is 3.62. The molecule has 0 saturated heterocycles. The molecule has 3 rings (SSSR count). The van der Waals surface area contributed by atoms with Gasteiger partial charge in [-0.25, -0.2) is 0 Å². The molecule has 1 unspecified atom stereocenters. The summed E-state index contributed by atoms with van der Waals surface area (Å²) in [5.74, 6) is 0. The summed E-state index contributed by atoms with van der Waals surface area (Å²) >= 11 is 1.83. The molecule has 2 nitrogen and oxygen atoms in total. The largest absolute Gasteiger partial charge is 0.316 e. The van der Waals surface area contributed by atoms with Crippen LogP contribution in [0.15, 0.2) is 54.0 Å². The van der Waals surface area contributed by atoms with Crippen molar-refractivity contribution in [2.45, 2.75) is 18.9 Å². The van der Waals surface area contributed by atoms with E-state index in [4.69, 9.17) is 0 Å². The number of fused-ring (bicyclic) bond motifs is 1. The Hall–Kier alpha value is -1.71. The van der Waals surface area contributed by atoms with Gasteiger partial charge in [-0.3, -0.25) is 4.98 Å². The Kier molecular flexibility index (Phi) is 4.09. The van der Waals surface area contributed by atoms with E-state index in [2.05, 4.69) is 52.1 Å². The fourth-order valence-electron chi connectivity index (χ4n) is 2.50. The van der Waals surface area contributed by atoms with Crippen LogP contribution in [0.5, 0.6) is 0 Å². The number of aromatic nitrogens is 1. The zero-order valence-electron chi connectivity index (χ0n) is 11.5. The van der Waals surface area contributed by atoms with Crippen LogP contribution in [0.3, 0.4) is 0 Å². The summed E-state index contributed by atoms with van der Waals surface area (Å²) in [6, 6.07) is 15.2. The second kappa shape index (κ2) is 6.16. The highest BCUT2D eigenvalue weighted by molar-refractivity contribution is 7.17. The van der Waals surface area contributed by atoms with Crippen LogP contribution in [0.4, 0.5) is 0 Å². The minimum Gasteiger partial charge on any atom is -0.316 e. The topological polar surface area (TPSA) is 24.9 Å². The molecule has 20 heavy (non-hydrogen) atoms. The Balaban J connectivity index is 1.78. The second-order valence-electron chi connectivity index (χ2n) is 4.97. The number of thiophene rings is 1. The standard InChI is InChI=1S/C17H18N2S/c1-18-15(11-14-6-4-5-9-19-14)10-13-12-20-17-8-3-2-7-16(13)17/h2-9,12,15,18H,10-11H2,1H3. The molecule has 0 aliphatic heterocycles. The van der Waals surface area contributed by atoms with Gasteiger partial charge in [0.05, 0.1) is 0 Å². The van der Waals surface area contributed by atoms with E-state index in [0.29, 0.717) is 6.04 Å². The van der Waals surface area contributed by atoms with E-state index >= 15 is 0 Å². The van der Waals surface area contributed by atoms with Crippen molar-refractivity contribution < 1.29 is 0 Å². The van der Waals surface area contributed by atoms with E-state index in [1.807, 2.05) is 30.6 Å². The number of benzene rings is 1. The highest BCUT2D eigenvalue weighted by Gasteiger charge is 2.12. The van der Waals surface area contributed by atoms with Crippen molar-refractivity contribution in [3.8, 4) is 0 Å². The molecule has 3 aromatic rings. The molecule has 0 radical (unpaired) electrons. The van der Waals surface area contributed by atoms with Gasteiger partial charge in [-0.15, -0.1) is 11.3 Å². The summed E-state index contributed by atoms with van der Waals surface area (Å²) in [6.45, 7) is 0. The van der Waals surface area contributed by atoms with Gasteiger partial charge in [0.15, 0.2) is 0 Å². The molecule has 1 N–H and O–H groups in total. The van der Waals surface area contributed by atoms with Crippen LogP contribution in [0.1, 0.15) is 11.3 Å². The van der Waals surface area contributed by atoms with Crippen molar-refractivity contribution in [2.75, 3.05) is 7.05 Å². The monoisotopic (exact) mass is 282 g/mol. The van der Waals surface area contributed by atoms with E-state index < -0.39 is 0 Å². The maximum Gasteiger partial charge on any atom is 0.0419 e. The molecular formula is C17H18N2S. The Labute approximate surface area is 123 Å². The van der Waals surface area contributed by atoms with Crippen LogP contribution in [-0.4, -0.2) is 18.1 Å². The first-order valence-electron chi connectivity index (χ1n) is 6.89. The highest BCUT2D eigenvalue weighted by Crippen LogP contribution is 2.26. The van der Waals surface area contributed by atoms with Gasteiger partial charge in [-0.05, 0) is 48.0 Å². The molecule has 1 aromatic carbocycles. The van der Waals surface area contributed by atoms with Crippen molar-refractivity contribution in [1.29, 1.82) is 0 Å². The smallest absolute Gasteiger partial charge is 0.0419 e. The number of nitrogens with zero attached hydrogens (tertiary/aromatic N) is 1. The Morgan fingerprint density at radius 1 is 1.10 bits per heavy atom. The molecule has 0 aliphatic rings. The molecule has 0 bridgehead atoms. The molecular weight excluding hydrogens is 264 g/mol.